The normalized spacial score (nSPS) is 21.5. The number of carboxylic acid groups (broad SMARTS) is 1. The van der Waals surface area contributed by atoms with Gasteiger partial charge in [0.05, 0.1) is 16.7 Å². The van der Waals surface area contributed by atoms with Gasteiger partial charge < -0.3 is 15.2 Å². The molecule has 2 N–H and O–H groups in total. The van der Waals surface area contributed by atoms with Crippen LogP contribution in [0.15, 0.2) is 18.2 Å². The first-order valence-electron chi connectivity index (χ1n) is 4.87. The molecule has 0 fully saturated rings. The molecule has 1 amide bonds. The maximum absolute atomic E-state index is 11.6. The zero-order valence-electron chi connectivity index (χ0n) is 9.17. The summed E-state index contributed by atoms with van der Waals surface area (Å²) in [7, 11) is 0. The first-order chi connectivity index (χ1) is 8.34. The van der Waals surface area contributed by atoms with Crippen molar-refractivity contribution >= 4 is 23.3 Å². The van der Waals surface area contributed by atoms with Crippen LogP contribution in [0.3, 0.4) is 0 Å². The lowest BCUT2D eigenvalue weighted by molar-refractivity contribution is -0.385. The van der Waals surface area contributed by atoms with Crippen LogP contribution in [0.2, 0.25) is 0 Å². The van der Waals surface area contributed by atoms with Gasteiger partial charge in [0, 0.05) is 6.07 Å². The van der Waals surface area contributed by atoms with E-state index in [2.05, 4.69) is 5.32 Å². The molecular formula is C10H8N2O6. The summed E-state index contributed by atoms with van der Waals surface area (Å²) < 4.78 is 5.07. The highest BCUT2D eigenvalue weighted by atomic mass is 16.6. The van der Waals surface area contributed by atoms with Crippen molar-refractivity contribution in [2.45, 2.75) is 12.5 Å². The summed E-state index contributed by atoms with van der Waals surface area (Å²) in [6.07, 6.45) is 0. The molecule has 8 heteroatoms. The number of nitrogens with one attached hydrogen (secondary N) is 1. The van der Waals surface area contributed by atoms with Crippen LogP contribution in [0.25, 0.3) is 0 Å². The number of nitro benzene ring substituents is 1. The van der Waals surface area contributed by atoms with Crippen molar-refractivity contribution in [3.05, 3.63) is 28.3 Å². The van der Waals surface area contributed by atoms with Crippen molar-refractivity contribution in [1.29, 1.82) is 0 Å². The Morgan fingerprint density at radius 2 is 2.22 bits per heavy atom. The Kier molecular flexibility index (Phi) is 2.43. The fourth-order valence-corrected chi connectivity index (χ4v) is 1.46. The van der Waals surface area contributed by atoms with E-state index in [9.17, 15) is 19.7 Å². The zero-order valence-corrected chi connectivity index (χ0v) is 9.17. The quantitative estimate of drug-likeness (QED) is 0.455. The van der Waals surface area contributed by atoms with Gasteiger partial charge in [-0.05, 0) is 13.0 Å². The molecule has 0 aliphatic carbocycles. The number of rotatable bonds is 2. The summed E-state index contributed by atoms with van der Waals surface area (Å²) in [5.74, 6) is -2.36. The summed E-state index contributed by atoms with van der Waals surface area (Å²) in [6, 6.07) is 3.54. The fraction of sp³-hybridized carbons (Fsp3) is 0.200. The Balaban J connectivity index is 2.48. The van der Waals surface area contributed by atoms with Gasteiger partial charge in [0.25, 0.3) is 17.2 Å². The molecule has 0 spiro atoms. The summed E-state index contributed by atoms with van der Waals surface area (Å²) in [5.41, 5.74) is -2.15. The number of ether oxygens (including phenoxy) is 1. The zero-order chi connectivity index (χ0) is 13.5. The molecule has 1 heterocycles. The van der Waals surface area contributed by atoms with Crippen LogP contribution in [-0.4, -0.2) is 27.5 Å². The number of non-ortho nitro benzene ring substituents is 1. The number of amides is 1. The Labute approximate surface area is 100 Å². The molecule has 94 valence electrons. The molecule has 1 aliphatic rings. The molecule has 1 aliphatic heterocycles. The molecule has 0 bridgehead atoms. The van der Waals surface area contributed by atoms with Crippen LogP contribution in [0.1, 0.15) is 6.92 Å². The van der Waals surface area contributed by atoms with Crippen LogP contribution in [0.4, 0.5) is 11.4 Å². The number of carbonyl (C=O) groups is 2. The van der Waals surface area contributed by atoms with Crippen LogP contribution in [0, 0.1) is 10.1 Å². The van der Waals surface area contributed by atoms with E-state index >= 15 is 0 Å². The molecule has 8 nitrogen and oxygen atoms in total. The maximum atomic E-state index is 11.6. The standard InChI is InChI=1S/C10H8N2O6/c1-10(9(14)15)8(13)11-6-3-2-5(12(16)17)4-7(6)18-10/h2-4H,1H3,(H,11,13)(H,14,15). The molecule has 0 aromatic heterocycles. The van der Waals surface area contributed by atoms with E-state index in [1.807, 2.05) is 0 Å². The van der Waals surface area contributed by atoms with Crippen molar-refractivity contribution in [3.8, 4) is 5.75 Å². The van der Waals surface area contributed by atoms with E-state index in [1.165, 1.54) is 12.1 Å². The molecule has 0 saturated heterocycles. The highest BCUT2D eigenvalue weighted by molar-refractivity contribution is 6.13. The minimum atomic E-state index is -2.10. The van der Waals surface area contributed by atoms with Gasteiger partial charge in [-0.15, -0.1) is 0 Å². The predicted molar refractivity (Wildman–Crippen MR) is 58.4 cm³/mol. The lowest BCUT2D eigenvalue weighted by Gasteiger charge is -2.30. The molecule has 18 heavy (non-hydrogen) atoms. The predicted octanol–water partition coefficient (Wildman–Crippen LogP) is 0.769. The van der Waals surface area contributed by atoms with E-state index in [0.717, 1.165) is 13.0 Å². The molecule has 1 atom stereocenters. The van der Waals surface area contributed by atoms with Gasteiger partial charge >= 0.3 is 5.97 Å². The second kappa shape index (κ2) is 3.69. The van der Waals surface area contributed by atoms with Gasteiger partial charge in [-0.3, -0.25) is 14.9 Å². The van der Waals surface area contributed by atoms with E-state index in [1.54, 1.807) is 0 Å². The number of carboxylic acids is 1. The van der Waals surface area contributed by atoms with Crippen LogP contribution in [0.5, 0.6) is 5.75 Å². The number of aliphatic carboxylic acids is 1. The molecule has 1 aromatic carbocycles. The third kappa shape index (κ3) is 1.63. The van der Waals surface area contributed by atoms with E-state index in [0.29, 0.717) is 0 Å². The van der Waals surface area contributed by atoms with Crippen LogP contribution in [-0.2, 0) is 9.59 Å². The number of nitro groups is 1. The van der Waals surface area contributed by atoms with Crippen LogP contribution < -0.4 is 10.1 Å². The summed E-state index contributed by atoms with van der Waals surface area (Å²) in [6.45, 7) is 1.08. The van der Waals surface area contributed by atoms with E-state index in [-0.39, 0.29) is 17.1 Å². The minimum absolute atomic E-state index is 0.0475. The Morgan fingerprint density at radius 1 is 1.56 bits per heavy atom. The number of hydrogen-bond donors (Lipinski definition) is 2. The average Bonchev–Trinajstić information content (AvgIpc) is 2.29. The van der Waals surface area contributed by atoms with Crippen molar-refractivity contribution in [2.24, 2.45) is 0 Å². The van der Waals surface area contributed by atoms with Crippen LogP contribution >= 0.6 is 0 Å². The molecular weight excluding hydrogens is 244 g/mol. The third-order valence-electron chi connectivity index (χ3n) is 2.58. The first-order valence-corrected chi connectivity index (χ1v) is 4.87. The molecule has 1 aromatic rings. The van der Waals surface area contributed by atoms with Crippen molar-refractivity contribution in [3.63, 3.8) is 0 Å². The molecule has 0 saturated carbocycles. The van der Waals surface area contributed by atoms with Gasteiger partial charge in [-0.2, -0.15) is 0 Å². The van der Waals surface area contributed by atoms with E-state index < -0.39 is 22.4 Å². The summed E-state index contributed by atoms with van der Waals surface area (Å²) in [4.78, 5) is 32.5. The maximum Gasteiger partial charge on any atom is 0.357 e. The molecule has 0 radical (unpaired) electrons. The Morgan fingerprint density at radius 3 is 2.78 bits per heavy atom. The number of fused-ring (bicyclic) bond motifs is 1. The van der Waals surface area contributed by atoms with Crippen molar-refractivity contribution in [1.82, 2.24) is 0 Å². The second-order valence-electron chi connectivity index (χ2n) is 3.83. The van der Waals surface area contributed by atoms with Crippen molar-refractivity contribution < 1.29 is 24.4 Å². The number of hydrogen-bond acceptors (Lipinski definition) is 5. The van der Waals surface area contributed by atoms with E-state index in [4.69, 9.17) is 9.84 Å². The third-order valence-corrected chi connectivity index (χ3v) is 2.58. The van der Waals surface area contributed by atoms with Gasteiger partial charge in [-0.25, -0.2) is 4.79 Å². The number of anilines is 1. The number of carbonyl (C=O) groups excluding carboxylic acids is 1. The Bertz CT molecular complexity index is 569. The minimum Gasteiger partial charge on any atom is -0.478 e. The number of benzene rings is 1. The number of nitrogens with zero attached hydrogens (tertiary/aromatic N) is 1. The molecule has 1 unspecified atom stereocenters. The smallest absolute Gasteiger partial charge is 0.357 e. The first kappa shape index (κ1) is 11.8. The second-order valence-corrected chi connectivity index (χ2v) is 3.83. The lowest BCUT2D eigenvalue weighted by Crippen LogP contribution is -2.54. The highest BCUT2D eigenvalue weighted by Gasteiger charge is 2.47. The average molecular weight is 252 g/mol. The topological polar surface area (TPSA) is 119 Å². The molecule has 2 rings (SSSR count). The Hall–Kier alpha value is -2.64. The van der Waals surface area contributed by atoms with Gasteiger partial charge in [0.2, 0.25) is 0 Å². The summed E-state index contributed by atoms with van der Waals surface area (Å²) in [5, 5.41) is 21.9. The SMILES string of the molecule is CC1(C(=O)O)Oc2cc([N+](=O)[O-])ccc2NC1=O. The van der Waals surface area contributed by atoms with Gasteiger partial charge in [-0.1, -0.05) is 0 Å². The highest BCUT2D eigenvalue weighted by Crippen LogP contribution is 2.36. The largest absolute Gasteiger partial charge is 0.478 e. The van der Waals surface area contributed by atoms with Crippen molar-refractivity contribution in [2.75, 3.05) is 5.32 Å². The lowest BCUT2D eigenvalue weighted by atomic mass is 10.0. The van der Waals surface area contributed by atoms with Gasteiger partial charge in [0.1, 0.15) is 0 Å². The fourth-order valence-electron chi connectivity index (χ4n) is 1.46. The summed E-state index contributed by atoms with van der Waals surface area (Å²) >= 11 is 0. The monoisotopic (exact) mass is 252 g/mol. The van der Waals surface area contributed by atoms with Gasteiger partial charge in [0.15, 0.2) is 5.75 Å².